The molecule has 2 aliphatic heterocycles. The number of hydrogen-bond donors (Lipinski definition) is 8. The van der Waals surface area contributed by atoms with E-state index in [0.29, 0.717) is 55.3 Å². The summed E-state index contributed by atoms with van der Waals surface area (Å²) < 4.78 is 24.6. The number of aliphatic hydroxyl groups excluding tert-OH is 1. The number of carbonyl (C=O) groups is 2. The Kier molecular flexibility index (Phi) is 53.2. The molecule has 14 aromatic rings. The van der Waals surface area contributed by atoms with Crippen LogP contribution >= 0.6 is 0 Å². The van der Waals surface area contributed by atoms with Crippen molar-refractivity contribution in [1.29, 1.82) is 0 Å². The molecule has 136 heavy (non-hydrogen) atoms. The van der Waals surface area contributed by atoms with Gasteiger partial charge in [-0.3, -0.25) is 75.7 Å². The highest BCUT2D eigenvalue weighted by Gasteiger charge is 2.18. The molecule has 16 heterocycles. The van der Waals surface area contributed by atoms with E-state index in [9.17, 15) is 9.59 Å². The van der Waals surface area contributed by atoms with Crippen molar-refractivity contribution < 1.29 is 28.3 Å². The lowest BCUT2D eigenvalue weighted by Gasteiger charge is -2.31. The maximum Gasteiger partial charge on any atom is 0.275 e. The van der Waals surface area contributed by atoms with Crippen molar-refractivity contribution in [3.8, 4) is 22.5 Å². The number of pyridine rings is 2. The second-order valence-electron chi connectivity index (χ2n) is 32.4. The van der Waals surface area contributed by atoms with Gasteiger partial charge in [0.1, 0.15) is 48.3 Å². The zero-order valence-corrected chi connectivity index (χ0v) is 82.5. The van der Waals surface area contributed by atoms with Crippen LogP contribution in [-0.2, 0) is 160 Å². The van der Waals surface area contributed by atoms with Crippen LogP contribution in [0.4, 0.5) is 0 Å². The number of amidine groups is 1. The van der Waals surface area contributed by atoms with Gasteiger partial charge in [0, 0.05) is 254 Å². The predicted octanol–water partition coefficient (Wildman–Crippen LogP) is -3.48. The smallest absolute Gasteiger partial charge is 0.275 e. The molecule has 0 aliphatic carbocycles. The van der Waals surface area contributed by atoms with Crippen LogP contribution in [0.3, 0.4) is 0 Å². The number of aliphatic hydroxyl groups is 1. The van der Waals surface area contributed by atoms with E-state index in [-0.39, 0.29) is 25.8 Å². The Bertz CT molecular complexity index is 5440. The van der Waals surface area contributed by atoms with Crippen LogP contribution in [0.25, 0.3) is 22.5 Å². The average molecular weight is 1890 g/mol. The highest BCUT2D eigenvalue weighted by molar-refractivity contribution is 5.78. The van der Waals surface area contributed by atoms with Crippen molar-refractivity contribution in [2.75, 3.05) is 120 Å². The number of amides is 2. The van der Waals surface area contributed by atoms with E-state index in [0.717, 1.165) is 172 Å². The summed E-state index contributed by atoms with van der Waals surface area (Å²) in [6, 6.07) is 6.09. The Hall–Kier alpha value is -14.0. The number of likely N-dealkylation sites (N-methyl/N-ethyl adjacent to an activating group) is 2. The minimum atomic E-state index is -0.0339. The summed E-state index contributed by atoms with van der Waals surface area (Å²) in [5, 5.41) is 112. The van der Waals surface area contributed by atoms with Gasteiger partial charge in [-0.2, -0.15) is 0 Å². The van der Waals surface area contributed by atoms with Crippen LogP contribution in [0.2, 0.25) is 0 Å². The van der Waals surface area contributed by atoms with E-state index in [4.69, 9.17) is 22.3 Å². The molecule has 0 atom stereocenters. The fraction of sp³-hybridized carbons (Fsp3) is 0.554. The minimum absolute atomic E-state index is 0. The van der Waals surface area contributed by atoms with E-state index >= 15 is 0 Å². The van der Waals surface area contributed by atoms with Gasteiger partial charge in [0.25, 0.3) is 5.91 Å². The Balaban J connectivity index is 0.000000313. The normalized spacial score (nSPS) is 12.2. The summed E-state index contributed by atoms with van der Waals surface area (Å²) in [6.45, 7) is 22.7. The van der Waals surface area contributed by atoms with Crippen LogP contribution in [0.5, 0.6) is 0 Å². The summed E-state index contributed by atoms with van der Waals surface area (Å²) in [6.07, 6.45) is 35.7. The second kappa shape index (κ2) is 63.3. The van der Waals surface area contributed by atoms with Crippen molar-refractivity contribution >= 4 is 17.6 Å². The van der Waals surface area contributed by atoms with Crippen LogP contribution < -0.4 is 47.6 Å². The molecule has 2 fully saturated rings. The lowest BCUT2D eigenvalue weighted by Crippen LogP contribution is -2.48. The van der Waals surface area contributed by atoms with Gasteiger partial charge in [-0.25, -0.2) is 9.13 Å². The Morgan fingerprint density at radius 3 is 1.29 bits per heavy atom. The highest BCUT2D eigenvalue weighted by atomic mass is 16.3. The third-order valence-corrected chi connectivity index (χ3v) is 18.2. The molecule has 53 nitrogen and oxygen atoms in total. The topological polar surface area (TPSA) is 579 Å². The van der Waals surface area contributed by atoms with Gasteiger partial charge >= 0.3 is 0 Å². The molecule has 0 unspecified atom stereocenters. The molecule has 0 bridgehead atoms. The molecule has 0 radical (unpaired) electrons. The summed E-state index contributed by atoms with van der Waals surface area (Å²) in [5.41, 5.74) is 29.2. The number of aliphatic imine (C=N–C) groups is 1. The number of aromatic nitrogens is 38. The molecule has 14 aromatic heterocycles. The standard InChI is InChI=1S/C11H20N6O.C10H13N4.C9H17N5O.C9H17N5.C9H11N4.C7H15N5.C6H11N5.C5H10N4.C5H9N3.C4H7N3O.C4H7N3.C3H5N3.CH4/c1-15-3-5-17(6-4-15)9-11(18)12-7-10-8-16(2)14-13-10;1-8-6-13(2)5-4-9(8)10-7-14(3)12-11-10;1-13-6-8(11-12-13)5-10-9(15)7-14(2,3)4;1-13-8-9(11-12-13)2-5-14-6-3-10-4-7-14;1-12-5-3-8(4-6-12)9-7-13(2)11-10-9;1-12-6-7(10-11-12)5-9-4-2-3-8;1-5(7)8-3-6-4-11(2)10-9-6;1-9-4-5(2-3-6)7-8-9;1-3-5-4-8(2)7-6-5;1-7-2-4(3-8)5-6-7;1-4-3-7(2)6-5-4;1-6-3-2-4-5-6;/h8H,3-7,9H2,1-2H3,(H,12,18);4-7H,1-3H3;6H,5,7H2,1-4H3;8,10H,2-7H2,1H3;3-7H,1-2H3;6,9H,2-5,8H2,1H3;4H,3H2,1-2H3,(H2,7,8);4H,2-3,6H2,1H3;4H,3H2,1-2H3;2,8H,3H2,1H3;3H,1-2H3;2-3H,1H3;1H4/q;+1;;;+1;;;;;;;;/p+1. The molecule has 2 aliphatic rings. The predicted molar refractivity (Wildman–Crippen MR) is 509 cm³/mol. The van der Waals surface area contributed by atoms with Crippen molar-refractivity contribution in [1.82, 2.24) is 216 Å². The van der Waals surface area contributed by atoms with E-state index in [2.05, 4.69) is 198 Å². The van der Waals surface area contributed by atoms with Crippen LogP contribution in [0.1, 0.15) is 84.5 Å². The van der Waals surface area contributed by atoms with Crippen LogP contribution in [0.15, 0.2) is 129 Å². The van der Waals surface area contributed by atoms with Gasteiger partial charge < -0.3 is 57.9 Å². The Labute approximate surface area is 795 Å². The number of nitrogens with two attached hydrogens (primary N) is 3. The van der Waals surface area contributed by atoms with Crippen LogP contribution in [-0.4, -0.2) is 342 Å². The lowest BCUT2D eigenvalue weighted by atomic mass is 10.1. The van der Waals surface area contributed by atoms with Gasteiger partial charge in [-0.1, -0.05) is 76.9 Å². The average Bonchev–Trinajstić information content (AvgIpc) is 1.45. The molecule has 0 aromatic carbocycles. The maximum atomic E-state index is 11.8. The van der Waals surface area contributed by atoms with Gasteiger partial charge in [-0.05, 0) is 60.3 Å². The molecular weight excluding hydrogens is 1750 g/mol. The fourth-order valence-electron chi connectivity index (χ4n) is 11.5. The first kappa shape index (κ1) is 114. The summed E-state index contributed by atoms with van der Waals surface area (Å²) in [7, 11) is 34.1. The molecule has 53 heteroatoms. The first-order chi connectivity index (χ1) is 64.4. The zero-order chi connectivity index (χ0) is 99.0. The van der Waals surface area contributed by atoms with Crippen LogP contribution in [0, 0.1) is 13.8 Å². The van der Waals surface area contributed by atoms with Gasteiger partial charge in [0.05, 0.1) is 113 Å². The summed E-state index contributed by atoms with van der Waals surface area (Å²) in [4.78, 5) is 34.1. The maximum absolute atomic E-state index is 11.8. The van der Waals surface area contributed by atoms with Crippen molar-refractivity contribution in [3.05, 3.63) is 180 Å². The number of nitrogens with one attached hydrogen (secondary N) is 4. The van der Waals surface area contributed by atoms with Gasteiger partial charge in [0.15, 0.2) is 31.3 Å². The molecule has 2 saturated heterocycles. The Morgan fingerprint density at radius 2 is 0.919 bits per heavy atom. The lowest BCUT2D eigenvalue weighted by molar-refractivity contribution is -0.862. The molecule has 2 amide bonds. The van der Waals surface area contributed by atoms with E-state index in [1.807, 2.05) is 202 Å². The molecule has 0 spiro atoms. The largest absolute Gasteiger partial charge is 0.390 e. The minimum Gasteiger partial charge on any atom is -0.390 e. The third-order valence-electron chi connectivity index (χ3n) is 18.2. The molecule has 744 valence electrons. The highest BCUT2D eigenvalue weighted by Crippen LogP contribution is 2.18. The fourth-order valence-corrected chi connectivity index (χ4v) is 11.5. The van der Waals surface area contributed by atoms with E-state index in [1.165, 1.54) is 5.56 Å². The molecular formula is C83H147N50O3+3. The molecule has 11 N–H and O–H groups in total. The number of nitrogens with zero attached hydrogens (tertiary/aromatic N) is 43. The van der Waals surface area contributed by atoms with Crippen molar-refractivity contribution in [2.24, 2.45) is 121 Å². The number of piperazine rings is 2. The van der Waals surface area contributed by atoms with Crippen molar-refractivity contribution in [2.45, 2.75) is 93.6 Å². The second-order valence-corrected chi connectivity index (χ2v) is 32.4. The first-order valence-electron chi connectivity index (χ1n) is 43.7. The Morgan fingerprint density at radius 1 is 0.485 bits per heavy atom. The number of carbonyl (C=O) groups excluding carboxylic acids is 2. The van der Waals surface area contributed by atoms with Crippen molar-refractivity contribution in [3.63, 3.8) is 0 Å². The number of hydrogen-bond acceptors (Lipinski definition) is 35. The van der Waals surface area contributed by atoms with E-state index < -0.39 is 0 Å². The van der Waals surface area contributed by atoms with Gasteiger partial charge in [-0.15, -0.1) is 61.2 Å². The molecule has 0 saturated carbocycles. The SMILES string of the molecule is C.CC(N)=NCc1cn(C)nn1.CCc1cn(C)nn1.CN1CCN(CC(=O)NCc2cn(C)nn2)CC1.Cc1c[n+](C)ccc1-c1cn(C)nn1.Cc1cn(C)nn1.Cn1cc(-c2cc[n+](C)cc2)nn1.Cn1cc(CCN)nn1.Cn1cc(CCN2CCNCC2)nn1.Cn1cc(CNC(=O)C[N+](C)(C)C)nn1.Cn1cc(CNCCCN)nn1.Cn1cc(CO)nn1.Cn1ccnn1. The van der Waals surface area contributed by atoms with E-state index in [1.54, 1.807) is 108 Å². The number of rotatable bonds is 24. The monoisotopic (exact) mass is 1890 g/mol. The number of quaternary nitrogens is 1. The molecule has 16 rings (SSSR count). The summed E-state index contributed by atoms with van der Waals surface area (Å²) in [5.74, 6) is 0.633. The zero-order valence-electron chi connectivity index (χ0n) is 82.5. The summed E-state index contributed by atoms with van der Waals surface area (Å²) >= 11 is 0. The first-order valence-corrected chi connectivity index (χ1v) is 43.7. The third kappa shape index (κ3) is 50.8. The quantitative estimate of drug-likeness (QED) is 0.00957. The number of aryl methyl sites for hydroxylation is 17. The van der Waals surface area contributed by atoms with Gasteiger partial charge in [0.2, 0.25) is 5.91 Å².